The topological polar surface area (TPSA) is 40.5 Å². The van der Waals surface area contributed by atoms with Crippen LogP contribution in [0.25, 0.3) is 0 Å². The van der Waals surface area contributed by atoms with Crippen molar-refractivity contribution in [2.75, 3.05) is 0 Å². The lowest BCUT2D eigenvalue weighted by Gasteiger charge is -2.60. The highest BCUT2D eigenvalue weighted by atomic mass is 16.3. The molecule has 0 amide bonds. The smallest absolute Gasteiger partial charge is 0.0947 e. The average molecular weight is 304 g/mol. The monoisotopic (exact) mass is 304 g/mol. The van der Waals surface area contributed by atoms with E-state index in [9.17, 15) is 10.2 Å². The zero-order valence-electron chi connectivity index (χ0n) is 14.2. The lowest BCUT2D eigenvalue weighted by atomic mass is 9.44. The second-order valence-electron chi connectivity index (χ2n) is 8.96. The third kappa shape index (κ3) is 1.82. The van der Waals surface area contributed by atoms with Crippen LogP contribution in [0.1, 0.15) is 71.6 Å². The first-order valence-corrected chi connectivity index (χ1v) is 9.59. The fourth-order valence-electron chi connectivity index (χ4n) is 7.23. The summed E-state index contributed by atoms with van der Waals surface area (Å²) in [7, 11) is 0. The van der Waals surface area contributed by atoms with Gasteiger partial charge in [0.05, 0.1) is 11.9 Å². The van der Waals surface area contributed by atoms with Gasteiger partial charge in [0.25, 0.3) is 0 Å². The largest absolute Gasteiger partial charge is 0.512 e. The van der Waals surface area contributed by atoms with Gasteiger partial charge >= 0.3 is 0 Å². The summed E-state index contributed by atoms with van der Waals surface area (Å²) < 4.78 is 0. The van der Waals surface area contributed by atoms with E-state index in [0.29, 0.717) is 17.1 Å². The lowest BCUT2D eigenvalue weighted by molar-refractivity contribution is -0.125. The first kappa shape index (κ1) is 15.1. The van der Waals surface area contributed by atoms with Gasteiger partial charge in [-0.2, -0.15) is 0 Å². The number of hydrogen-bond acceptors (Lipinski definition) is 2. The van der Waals surface area contributed by atoms with E-state index in [1.165, 1.54) is 32.1 Å². The van der Waals surface area contributed by atoms with Crippen molar-refractivity contribution in [1.82, 2.24) is 0 Å². The Morgan fingerprint density at radius 2 is 1.95 bits per heavy atom. The minimum atomic E-state index is -0.0508. The summed E-state index contributed by atoms with van der Waals surface area (Å²) in [4.78, 5) is 0. The van der Waals surface area contributed by atoms with Crippen molar-refractivity contribution in [3.63, 3.8) is 0 Å². The van der Waals surface area contributed by atoms with Crippen molar-refractivity contribution in [3.05, 3.63) is 11.8 Å². The Hall–Kier alpha value is -0.500. The van der Waals surface area contributed by atoms with E-state index < -0.39 is 0 Å². The molecule has 2 N–H and O–H groups in total. The number of allylic oxidation sites excluding steroid dienone is 2. The summed E-state index contributed by atoms with van der Waals surface area (Å²) in [6.45, 7) is 4.80. The van der Waals surface area contributed by atoms with E-state index >= 15 is 0 Å². The molecule has 3 saturated carbocycles. The molecule has 2 nitrogen and oxygen atoms in total. The van der Waals surface area contributed by atoms with Crippen molar-refractivity contribution >= 4 is 0 Å². The molecule has 0 heterocycles. The van der Waals surface area contributed by atoms with Gasteiger partial charge in [0.1, 0.15) is 0 Å². The Balaban J connectivity index is 1.64. The Morgan fingerprint density at radius 3 is 2.73 bits per heavy atom. The molecule has 0 aliphatic heterocycles. The Morgan fingerprint density at radius 1 is 1.14 bits per heavy atom. The number of hydrogen-bond donors (Lipinski definition) is 2. The van der Waals surface area contributed by atoms with Gasteiger partial charge in [0, 0.05) is 5.41 Å². The number of aliphatic hydroxyl groups excluding tert-OH is 2. The fraction of sp³-hybridized carbons (Fsp3) is 0.900. The Kier molecular flexibility index (Phi) is 3.42. The molecule has 4 aliphatic rings. The molecule has 0 aromatic heterocycles. The molecule has 0 aromatic carbocycles. The molecule has 4 aliphatic carbocycles. The van der Waals surface area contributed by atoms with Crippen molar-refractivity contribution < 1.29 is 10.2 Å². The van der Waals surface area contributed by atoms with Crippen molar-refractivity contribution in [1.29, 1.82) is 0 Å². The van der Waals surface area contributed by atoms with Crippen molar-refractivity contribution in [2.24, 2.45) is 34.5 Å². The van der Waals surface area contributed by atoms with Gasteiger partial charge in [0.15, 0.2) is 0 Å². The molecular formula is C20H32O2. The summed E-state index contributed by atoms with van der Waals surface area (Å²) in [6, 6.07) is 0. The van der Waals surface area contributed by atoms with Crippen LogP contribution < -0.4 is 0 Å². The Labute approximate surface area is 135 Å². The minimum Gasteiger partial charge on any atom is -0.512 e. The highest BCUT2D eigenvalue weighted by Gasteiger charge is 2.59. The molecule has 124 valence electrons. The van der Waals surface area contributed by atoms with Crippen LogP contribution >= 0.6 is 0 Å². The maximum Gasteiger partial charge on any atom is 0.0947 e. The van der Waals surface area contributed by atoms with E-state index in [-0.39, 0.29) is 11.5 Å². The summed E-state index contributed by atoms with van der Waals surface area (Å²) in [5.41, 5.74) is 0.554. The number of rotatable bonds is 1. The van der Waals surface area contributed by atoms with Gasteiger partial charge in [-0.15, -0.1) is 0 Å². The molecule has 0 spiro atoms. The normalized spacial score (nSPS) is 54.1. The van der Waals surface area contributed by atoms with Crippen LogP contribution in [-0.2, 0) is 0 Å². The highest BCUT2D eigenvalue weighted by Crippen LogP contribution is 2.66. The third-order valence-corrected chi connectivity index (χ3v) is 8.55. The Bertz CT molecular complexity index is 484. The molecule has 0 saturated heterocycles. The maximum atomic E-state index is 10.5. The van der Waals surface area contributed by atoms with E-state index in [1.54, 1.807) is 0 Å². The predicted octanol–water partition coefficient (Wildman–Crippen LogP) is 4.83. The first-order valence-electron chi connectivity index (χ1n) is 9.59. The molecule has 4 rings (SSSR count). The van der Waals surface area contributed by atoms with Crippen molar-refractivity contribution in [3.8, 4) is 0 Å². The molecule has 0 radical (unpaired) electrons. The van der Waals surface area contributed by atoms with Gasteiger partial charge in [0.2, 0.25) is 0 Å². The molecule has 7 atom stereocenters. The minimum absolute atomic E-state index is 0.0508. The molecule has 22 heavy (non-hydrogen) atoms. The summed E-state index contributed by atoms with van der Waals surface area (Å²) in [5, 5.41) is 20.6. The summed E-state index contributed by atoms with van der Waals surface area (Å²) in [5.74, 6) is 3.74. The second-order valence-corrected chi connectivity index (χ2v) is 8.96. The van der Waals surface area contributed by atoms with Crippen LogP contribution in [0, 0.1) is 34.5 Å². The van der Waals surface area contributed by atoms with Crippen LogP contribution in [0.15, 0.2) is 11.8 Å². The maximum absolute atomic E-state index is 10.5. The molecule has 2 unspecified atom stereocenters. The number of aliphatic hydroxyl groups is 2. The van der Waals surface area contributed by atoms with Crippen molar-refractivity contribution in [2.45, 2.75) is 77.7 Å². The lowest BCUT2D eigenvalue weighted by Crippen LogP contribution is -2.54. The van der Waals surface area contributed by atoms with Crippen LogP contribution in [-0.4, -0.2) is 16.3 Å². The SMILES string of the molecule is CC[C@]12CC[C@H]3[C@@H](CCC4CC(O)CC[C@@]43C)[C@@H]1CC=C2O. The highest BCUT2D eigenvalue weighted by molar-refractivity contribution is 5.21. The van der Waals surface area contributed by atoms with Gasteiger partial charge in [-0.25, -0.2) is 0 Å². The van der Waals surface area contributed by atoms with Gasteiger partial charge in [-0.1, -0.05) is 13.8 Å². The zero-order chi connectivity index (χ0) is 15.5. The van der Waals surface area contributed by atoms with Gasteiger partial charge in [-0.05, 0) is 93.0 Å². The van der Waals surface area contributed by atoms with E-state index in [0.717, 1.165) is 43.4 Å². The van der Waals surface area contributed by atoms with E-state index in [2.05, 4.69) is 19.9 Å². The van der Waals surface area contributed by atoms with Gasteiger partial charge in [-0.3, -0.25) is 0 Å². The van der Waals surface area contributed by atoms with Crippen LogP contribution in [0.3, 0.4) is 0 Å². The second kappa shape index (κ2) is 5.00. The molecule has 0 aromatic rings. The molecule has 3 fully saturated rings. The van der Waals surface area contributed by atoms with Crippen LogP contribution in [0.5, 0.6) is 0 Å². The van der Waals surface area contributed by atoms with Gasteiger partial charge < -0.3 is 10.2 Å². The van der Waals surface area contributed by atoms with E-state index in [1.807, 2.05) is 0 Å². The van der Waals surface area contributed by atoms with E-state index in [4.69, 9.17) is 0 Å². The first-order chi connectivity index (χ1) is 10.5. The molecule has 0 bridgehead atoms. The molecule has 2 heteroatoms. The predicted molar refractivity (Wildman–Crippen MR) is 88.4 cm³/mol. The quantitative estimate of drug-likeness (QED) is 0.728. The summed E-state index contributed by atoms with van der Waals surface area (Å²) in [6.07, 6.45) is 12.6. The summed E-state index contributed by atoms with van der Waals surface area (Å²) >= 11 is 0. The van der Waals surface area contributed by atoms with Crippen LogP contribution in [0.2, 0.25) is 0 Å². The third-order valence-electron chi connectivity index (χ3n) is 8.55. The zero-order valence-corrected chi connectivity index (χ0v) is 14.2. The number of fused-ring (bicyclic) bond motifs is 5. The van der Waals surface area contributed by atoms with Crippen LogP contribution in [0.4, 0.5) is 0 Å². The molecular weight excluding hydrogens is 272 g/mol. The fourth-order valence-corrected chi connectivity index (χ4v) is 7.23. The standard InChI is InChI=1S/C20H32O2/c1-3-20-11-9-16-15(17(20)6-7-18(20)22)5-4-13-12-14(21)8-10-19(13,16)2/h7,13-17,21-22H,3-6,8-12H2,1-2H3/t13?,14?,15-,16+,17+,19+,20+/m1/s1. The average Bonchev–Trinajstić information content (AvgIpc) is 2.86.